The van der Waals surface area contributed by atoms with Gasteiger partial charge >= 0.3 is 0 Å². The molecule has 2 aromatic carbocycles. The normalized spacial score (nSPS) is 16.9. The number of aliphatic hydroxyl groups excluding tert-OH is 1. The van der Waals surface area contributed by atoms with Crippen LogP contribution in [0.15, 0.2) is 60.8 Å². The number of non-ortho nitro benzene ring substituents is 1. The summed E-state index contributed by atoms with van der Waals surface area (Å²) in [7, 11) is 1.55. The lowest BCUT2D eigenvalue weighted by Crippen LogP contribution is -2.39. The molecular weight excluding hydrogens is 440 g/mol. The number of rotatable bonds is 8. The molecule has 1 amide bonds. The monoisotopic (exact) mass is 464 g/mol. The predicted octanol–water partition coefficient (Wildman–Crippen LogP) is 2.90. The number of carbonyl (C=O) groups is 1. The van der Waals surface area contributed by atoms with Crippen LogP contribution in [0, 0.1) is 16.0 Å². The number of aryl methyl sites for hydroxylation is 1. The molecule has 2 unspecified atom stereocenters. The van der Waals surface area contributed by atoms with Gasteiger partial charge in [0.05, 0.1) is 18.1 Å². The van der Waals surface area contributed by atoms with Crippen LogP contribution in [0.5, 0.6) is 5.75 Å². The minimum Gasteiger partial charge on any atom is -0.497 e. The Bertz CT molecular complexity index is 1220. The number of hydrogen-bond donors (Lipinski definition) is 3. The number of benzene rings is 2. The summed E-state index contributed by atoms with van der Waals surface area (Å²) in [5.74, 6) is 0.305. The fourth-order valence-corrected chi connectivity index (χ4v) is 3.89. The van der Waals surface area contributed by atoms with Crippen molar-refractivity contribution in [3.8, 4) is 5.75 Å². The lowest BCUT2D eigenvalue weighted by molar-refractivity contribution is -0.384. The summed E-state index contributed by atoms with van der Waals surface area (Å²) in [6.45, 7) is 4.03. The average Bonchev–Trinajstić information content (AvgIpc) is 3.24. The smallest absolute Gasteiger partial charge is 0.269 e. The molecular formula is C23H24N6O5. The second-order valence-electron chi connectivity index (χ2n) is 7.77. The number of fused-ring (bicyclic) bond motifs is 1. The highest BCUT2D eigenvalue weighted by molar-refractivity contribution is 5.95. The molecule has 34 heavy (non-hydrogen) atoms. The number of methoxy groups -OCH3 is 1. The molecule has 4 rings (SSSR count). The second-order valence-corrected chi connectivity index (χ2v) is 7.77. The van der Waals surface area contributed by atoms with Crippen molar-refractivity contribution in [2.45, 2.75) is 18.9 Å². The first-order valence-electron chi connectivity index (χ1n) is 10.6. The molecule has 11 heteroatoms. The SMILES string of the molecule is C=C1Nc2nc(CCCO)nn2C(c2cccc([N+](=O)[O-])c2)C1C(=O)Nc1ccc(OC)cc1. The summed E-state index contributed by atoms with van der Waals surface area (Å²) in [6, 6.07) is 12.3. The van der Waals surface area contributed by atoms with Gasteiger partial charge in [0, 0.05) is 36.5 Å². The molecule has 0 saturated carbocycles. The van der Waals surface area contributed by atoms with Crippen LogP contribution >= 0.6 is 0 Å². The molecule has 0 fully saturated rings. The van der Waals surface area contributed by atoms with Crippen LogP contribution in [0.25, 0.3) is 0 Å². The standard InChI is InChI=1S/C23H24N6O5/c1-14-20(22(31)25-16-8-10-18(34-2)11-9-16)21(15-5-3-6-17(13-15)29(32)33)28-23(24-14)26-19(27-28)7-4-12-30/h3,5-6,8-11,13,20-21,30H,1,4,7,12H2,2H3,(H,25,31)(H,24,26,27). The third kappa shape index (κ3) is 4.59. The molecule has 0 saturated heterocycles. The van der Waals surface area contributed by atoms with Crippen molar-refractivity contribution in [1.82, 2.24) is 14.8 Å². The number of ether oxygens (including phenoxy) is 1. The molecule has 0 bridgehead atoms. The Balaban J connectivity index is 1.74. The highest BCUT2D eigenvalue weighted by atomic mass is 16.6. The summed E-state index contributed by atoms with van der Waals surface area (Å²) < 4.78 is 6.71. The van der Waals surface area contributed by atoms with Crippen molar-refractivity contribution < 1.29 is 19.6 Å². The topological polar surface area (TPSA) is 144 Å². The number of anilines is 2. The maximum atomic E-state index is 13.5. The first kappa shape index (κ1) is 22.9. The van der Waals surface area contributed by atoms with Gasteiger partial charge in [-0.1, -0.05) is 18.7 Å². The van der Waals surface area contributed by atoms with Crippen LogP contribution < -0.4 is 15.4 Å². The lowest BCUT2D eigenvalue weighted by Gasteiger charge is -2.33. The predicted molar refractivity (Wildman–Crippen MR) is 125 cm³/mol. The zero-order valence-corrected chi connectivity index (χ0v) is 18.5. The minimum absolute atomic E-state index is 0.00872. The van der Waals surface area contributed by atoms with Gasteiger partial charge in [-0.2, -0.15) is 10.1 Å². The zero-order chi connectivity index (χ0) is 24.2. The third-order valence-corrected chi connectivity index (χ3v) is 5.52. The van der Waals surface area contributed by atoms with Crippen molar-refractivity contribution >= 4 is 23.2 Å². The number of nitro groups is 1. The van der Waals surface area contributed by atoms with E-state index in [0.717, 1.165) is 0 Å². The van der Waals surface area contributed by atoms with Crippen molar-refractivity contribution in [3.63, 3.8) is 0 Å². The van der Waals surface area contributed by atoms with E-state index in [2.05, 4.69) is 27.3 Å². The number of hydrogen-bond acceptors (Lipinski definition) is 8. The lowest BCUT2D eigenvalue weighted by atomic mass is 9.88. The van der Waals surface area contributed by atoms with E-state index in [4.69, 9.17) is 9.84 Å². The van der Waals surface area contributed by atoms with E-state index >= 15 is 0 Å². The van der Waals surface area contributed by atoms with Gasteiger partial charge in [0.1, 0.15) is 11.7 Å². The Morgan fingerprint density at radius 3 is 2.76 bits per heavy atom. The summed E-state index contributed by atoms with van der Waals surface area (Å²) in [4.78, 5) is 28.8. The van der Waals surface area contributed by atoms with Crippen LogP contribution in [-0.4, -0.2) is 44.4 Å². The van der Waals surface area contributed by atoms with Crippen LogP contribution in [-0.2, 0) is 11.2 Å². The number of nitro benzene ring substituents is 1. The van der Waals surface area contributed by atoms with E-state index in [-0.39, 0.29) is 18.2 Å². The second kappa shape index (κ2) is 9.71. The van der Waals surface area contributed by atoms with Crippen molar-refractivity contribution in [2.75, 3.05) is 24.4 Å². The van der Waals surface area contributed by atoms with Gasteiger partial charge < -0.3 is 20.5 Å². The Morgan fingerprint density at radius 2 is 2.09 bits per heavy atom. The molecule has 176 valence electrons. The number of aromatic nitrogens is 3. The molecule has 1 aliphatic rings. The minimum atomic E-state index is -0.844. The largest absolute Gasteiger partial charge is 0.497 e. The van der Waals surface area contributed by atoms with Crippen LogP contribution in [0.4, 0.5) is 17.3 Å². The Hall–Kier alpha value is -4.25. The maximum Gasteiger partial charge on any atom is 0.269 e. The van der Waals surface area contributed by atoms with Crippen molar-refractivity contribution in [2.24, 2.45) is 5.92 Å². The summed E-state index contributed by atoms with van der Waals surface area (Å²) in [5.41, 5.74) is 1.37. The Morgan fingerprint density at radius 1 is 1.32 bits per heavy atom. The van der Waals surface area contributed by atoms with Gasteiger partial charge in [-0.05, 0) is 36.2 Å². The Kier molecular flexibility index (Phi) is 6.55. The van der Waals surface area contributed by atoms with E-state index in [9.17, 15) is 14.9 Å². The van der Waals surface area contributed by atoms with E-state index in [0.29, 0.717) is 47.3 Å². The van der Waals surface area contributed by atoms with Gasteiger partial charge in [-0.25, -0.2) is 4.68 Å². The first-order chi connectivity index (χ1) is 16.4. The summed E-state index contributed by atoms with van der Waals surface area (Å²) >= 11 is 0. The molecule has 0 aliphatic carbocycles. The van der Waals surface area contributed by atoms with E-state index in [1.54, 1.807) is 48.2 Å². The molecule has 1 aromatic heterocycles. The number of amides is 1. The summed E-state index contributed by atoms with van der Waals surface area (Å²) in [6.07, 6.45) is 0.919. The molecule has 0 spiro atoms. The molecule has 3 N–H and O–H groups in total. The van der Waals surface area contributed by atoms with Crippen molar-refractivity contribution in [1.29, 1.82) is 0 Å². The average molecular weight is 464 g/mol. The molecule has 3 aromatic rings. The summed E-state index contributed by atoms with van der Waals surface area (Å²) in [5, 5.41) is 31.0. The fraction of sp³-hybridized carbons (Fsp3) is 0.261. The highest BCUT2D eigenvalue weighted by Gasteiger charge is 2.40. The van der Waals surface area contributed by atoms with E-state index in [1.165, 1.54) is 12.1 Å². The van der Waals surface area contributed by atoms with Crippen LogP contribution in [0.1, 0.15) is 23.9 Å². The number of nitrogens with zero attached hydrogens (tertiary/aromatic N) is 4. The molecule has 2 heterocycles. The molecule has 1 aliphatic heterocycles. The first-order valence-corrected chi connectivity index (χ1v) is 10.6. The molecule has 2 atom stereocenters. The molecule has 0 radical (unpaired) electrons. The van der Waals surface area contributed by atoms with Crippen molar-refractivity contribution in [3.05, 3.63) is 82.3 Å². The number of nitrogens with one attached hydrogen (secondary N) is 2. The fourth-order valence-electron chi connectivity index (χ4n) is 3.89. The van der Waals surface area contributed by atoms with Gasteiger partial charge in [0.25, 0.3) is 5.69 Å². The molecule has 11 nitrogen and oxygen atoms in total. The maximum absolute atomic E-state index is 13.5. The number of aliphatic hydroxyl groups is 1. The highest BCUT2D eigenvalue weighted by Crippen LogP contribution is 2.39. The number of carbonyl (C=O) groups excluding carboxylic acids is 1. The third-order valence-electron chi connectivity index (χ3n) is 5.52. The van der Waals surface area contributed by atoms with E-state index < -0.39 is 16.9 Å². The Labute approximate surface area is 195 Å². The zero-order valence-electron chi connectivity index (χ0n) is 18.5. The quantitative estimate of drug-likeness (QED) is 0.341. The van der Waals surface area contributed by atoms with Gasteiger partial charge in [-0.3, -0.25) is 14.9 Å². The van der Waals surface area contributed by atoms with Gasteiger partial charge in [0.15, 0.2) is 5.82 Å². The van der Waals surface area contributed by atoms with Gasteiger partial charge in [0.2, 0.25) is 11.9 Å². The van der Waals surface area contributed by atoms with Crippen LogP contribution in [0.3, 0.4) is 0 Å². The van der Waals surface area contributed by atoms with Gasteiger partial charge in [-0.15, -0.1) is 0 Å². The van der Waals surface area contributed by atoms with Crippen LogP contribution in [0.2, 0.25) is 0 Å². The van der Waals surface area contributed by atoms with E-state index in [1.807, 2.05) is 0 Å².